The third-order valence-electron chi connectivity index (χ3n) is 21.4. The lowest BCUT2D eigenvalue weighted by molar-refractivity contribution is -0.204. The highest BCUT2D eigenvalue weighted by molar-refractivity contribution is 5.95. The molecule has 6 fully saturated rings. The lowest BCUT2D eigenvalue weighted by atomic mass is 9.47. The Hall–Kier alpha value is -4.39. The quantitative estimate of drug-likeness (QED) is 0.0555. The Bertz CT molecular complexity index is 2740. The van der Waals surface area contributed by atoms with Crippen molar-refractivity contribution in [3.05, 3.63) is 70.9 Å². The number of aromatic amines is 1. The van der Waals surface area contributed by atoms with Gasteiger partial charge in [-0.1, -0.05) is 44.2 Å². The number of para-hydroxylation sites is 1. The van der Waals surface area contributed by atoms with Crippen molar-refractivity contribution in [3.63, 3.8) is 0 Å². The van der Waals surface area contributed by atoms with Gasteiger partial charge < -0.3 is 54.2 Å². The van der Waals surface area contributed by atoms with Crippen LogP contribution in [-0.4, -0.2) is 178 Å². The molecule has 5 aliphatic heterocycles. The largest absolute Gasteiger partial charge is 0.496 e. The number of likely N-dealkylation sites (N-methyl/N-ethyl adjacent to an activating group) is 1. The fourth-order valence-electron chi connectivity index (χ4n) is 17.4. The van der Waals surface area contributed by atoms with Crippen molar-refractivity contribution in [2.45, 2.75) is 144 Å². The van der Waals surface area contributed by atoms with E-state index >= 15 is 9.59 Å². The number of nitrogens with zero attached hydrogens (tertiary/aromatic N) is 3. The number of benzene rings is 2. The number of carbonyl (C=O) groups excluding carboxylic acids is 3. The lowest BCUT2D eigenvalue weighted by Gasteiger charge is -2.63. The second-order valence-electron chi connectivity index (χ2n) is 25.0. The normalized spacial score (nSPS) is 36.8. The van der Waals surface area contributed by atoms with Crippen LogP contribution in [0.2, 0.25) is 0 Å². The fraction of sp³-hybridized carbons (Fsp3) is 0.689. The lowest BCUT2D eigenvalue weighted by Crippen LogP contribution is -2.82. The number of H-pyrrole nitrogens is 1. The minimum atomic E-state index is -2.27. The number of aromatic nitrogens is 1. The zero-order chi connectivity index (χ0) is 54.2. The Balaban J connectivity index is 0.943. The number of fused-ring (bicyclic) bond motifs is 9. The minimum Gasteiger partial charge on any atom is -0.496 e. The standard InChI is InChI=1S/C61H85N5O11/c1-7-57(71)34-40-35-60(54(70)75-6,49-43(15-26-65(36-40)39-57)42-12-9-10-13-46(42)63-49)45-32-44-47(33-48(45)74-5)64(3)51-59(44)24-27-66-25-11-16-58(8-2,50(59)66)52(68)61(51,72)53(69)62-38-56-21-18-55(19-22-56,20-23-56)17-14-41(67)37-77-31-30-76-29-28-73-4/h9-13,16,32-33,40,50-52,63,68,71-72H,7-8,14-15,17-31,34-39H2,1-6H3,(H,62,69)/t40?,50?,51?,52-,55?,56?,57+,58-,59?,60+,61+/m1/s1. The van der Waals surface area contributed by atoms with Gasteiger partial charge in [-0.25, -0.2) is 0 Å². The molecule has 0 radical (unpaired) electrons. The molecule has 77 heavy (non-hydrogen) atoms. The summed E-state index contributed by atoms with van der Waals surface area (Å²) in [6, 6.07) is 11.2. The number of piperidine rings is 1. The Morgan fingerprint density at radius 3 is 2.32 bits per heavy atom. The number of ketones is 1. The molecule has 2 aromatic carbocycles. The number of aliphatic hydroxyl groups is 3. The molecule has 1 amide bonds. The van der Waals surface area contributed by atoms with Crippen LogP contribution >= 0.6 is 0 Å². The van der Waals surface area contributed by atoms with Crippen molar-refractivity contribution < 1.29 is 53.4 Å². The van der Waals surface area contributed by atoms with E-state index in [2.05, 4.69) is 57.4 Å². The summed E-state index contributed by atoms with van der Waals surface area (Å²) < 4.78 is 28.6. The zero-order valence-electron chi connectivity index (χ0n) is 46.6. The number of methoxy groups -OCH3 is 3. The van der Waals surface area contributed by atoms with Crippen LogP contribution in [0.25, 0.3) is 10.9 Å². The number of hydrogen-bond donors (Lipinski definition) is 5. The molecular formula is C61H85N5O11. The highest BCUT2D eigenvalue weighted by Gasteiger charge is 2.79. The molecule has 16 nitrogen and oxygen atoms in total. The summed E-state index contributed by atoms with van der Waals surface area (Å²) in [5.41, 5.74) is -1.54. The monoisotopic (exact) mass is 1060 g/mol. The van der Waals surface area contributed by atoms with Gasteiger partial charge in [0.05, 0.1) is 52.3 Å². The molecule has 2 saturated heterocycles. The van der Waals surface area contributed by atoms with Gasteiger partial charge >= 0.3 is 5.97 Å². The summed E-state index contributed by atoms with van der Waals surface area (Å²) >= 11 is 0. The number of aliphatic hydroxyl groups excluding tert-OH is 1. The minimum absolute atomic E-state index is 0.0875. The molecule has 1 spiro atoms. The average Bonchev–Trinajstić information content (AvgIpc) is 4.30. The molecule has 420 valence electrons. The topological polar surface area (TPSA) is 196 Å². The molecular weight excluding hydrogens is 979 g/mol. The first-order chi connectivity index (χ1) is 37.0. The van der Waals surface area contributed by atoms with Gasteiger partial charge in [-0.2, -0.15) is 0 Å². The van der Waals surface area contributed by atoms with E-state index in [1.807, 2.05) is 37.1 Å². The molecule has 4 saturated carbocycles. The number of anilines is 1. The van der Waals surface area contributed by atoms with Crippen LogP contribution < -0.4 is 15.0 Å². The number of esters is 1. The third-order valence-corrected chi connectivity index (χ3v) is 21.4. The number of ether oxygens (including phenoxy) is 5. The number of hydrogen-bond acceptors (Lipinski definition) is 14. The van der Waals surface area contributed by atoms with E-state index in [0.717, 1.165) is 78.4 Å². The number of nitrogens with one attached hydrogen (secondary N) is 2. The van der Waals surface area contributed by atoms with E-state index in [1.165, 1.54) is 7.11 Å². The molecule has 6 heterocycles. The van der Waals surface area contributed by atoms with E-state index in [9.17, 15) is 20.1 Å². The Morgan fingerprint density at radius 2 is 1.60 bits per heavy atom. The van der Waals surface area contributed by atoms with Crippen molar-refractivity contribution in [2.24, 2.45) is 22.2 Å². The van der Waals surface area contributed by atoms with E-state index in [4.69, 9.17) is 23.7 Å². The van der Waals surface area contributed by atoms with Crippen LogP contribution in [0.4, 0.5) is 5.69 Å². The maximum atomic E-state index is 15.7. The Labute approximate surface area is 454 Å². The van der Waals surface area contributed by atoms with Gasteiger partial charge in [-0.05, 0) is 130 Å². The number of Topliss-reactive ketones (excluding diaryl/α,β-unsaturated/α-hetero) is 1. The second kappa shape index (κ2) is 20.6. The maximum Gasteiger partial charge on any atom is 0.322 e. The second-order valence-corrected chi connectivity index (χ2v) is 25.0. The summed E-state index contributed by atoms with van der Waals surface area (Å²) in [5, 5.41) is 43.6. The van der Waals surface area contributed by atoms with Crippen molar-refractivity contribution >= 4 is 34.3 Å². The van der Waals surface area contributed by atoms with Gasteiger partial charge in [0.1, 0.15) is 23.9 Å². The number of carbonyl (C=O) groups is 3. The molecule has 16 heteroatoms. The highest BCUT2D eigenvalue weighted by Crippen LogP contribution is 2.68. The molecule has 1 aromatic heterocycles. The maximum absolute atomic E-state index is 15.7. The average molecular weight is 1060 g/mol. The van der Waals surface area contributed by atoms with Crippen molar-refractivity contribution in [1.82, 2.24) is 20.1 Å². The Kier molecular flexibility index (Phi) is 14.6. The van der Waals surface area contributed by atoms with Gasteiger partial charge in [0.25, 0.3) is 5.91 Å². The number of amides is 1. The van der Waals surface area contributed by atoms with Crippen LogP contribution in [0.3, 0.4) is 0 Å². The van der Waals surface area contributed by atoms with Crippen LogP contribution in [0, 0.1) is 22.2 Å². The third kappa shape index (κ3) is 8.54. The molecule has 5 N–H and O–H groups in total. The molecule has 4 aliphatic carbocycles. The molecule has 3 aromatic rings. The summed E-state index contributed by atoms with van der Waals surface area (Å²) in [5.74, 6) is -0.503. The predicted octanol–water partition coefficient (Wildman–Crippen LogP) is 5.73. The van der Waals surface area contributed by atoms with Crippen molar-refractivity contribution in [1.29, 1.82) is 0 Å². The zero-order valence-corrected chi connectivity index (χ0v) is 46.6. The van der Waals surface area contributed by atoms with E-state index in [-0.39, 0.29) is 35.2 Å². The molecule has 12 rings (SSSR count). The van der Waals surface area contributed by atoms with Crippen LogP contribution in [0.1, 0.15) is 120 Å². The fourth-order valence-corrected chi connectivity index (χ4v) is 17.4. The molecule has 10 atom stereocenters. The summed E-state index contributed by atoms with van der Waals surface area (Å²) in [6.07, 6.45) is 12.8. The number of rotatable bonds is 19. The van der Waals surface area contributed by atoms with Crippen molar-refractivity contribution in [3.8, 4) is 5.75 Å². The van der Waals surface area contributed by atoms with E-state index in [0.29, 0.717) is 122 Å². The highest BCUT2D eigenvalue weighted by atomic mass is 16.5. The van der Waals surface area contributed by atoms with E-state index in [1.54, 1.807) is 14.2 Å². The molecule has 9 aliphatic rings. The summed E-state index contributed by atoms with van der Waals surface area (Å²) in [4.78, 5) is 54.8. The SMILES string of the molecule is CC[C@]1(O)CC2CN(CCc3c([nH]c4ccccc34)[C@@](C(=O)OC)(c3cc4c(cc3OC)N(C)C3C45CCN4CC=C[C@](CC)(C45)[C@@H](O)[C@]3(O)C(=O)NCC34CCC(CCC(=O)COCCOCCOC)(CC3)CC4)C2)C1. The van der Waals surface area contributed by atoms with Crippen LogP contribution in [0.15, 0.2) is 48.6 Å². The first kappa shape index (κ1) is 54.6. The van der Waals surface area contributed by atoms with E-state index < -0.39 is 51.5 Å². The van der Waals surface area contributed by atoms with Crippen molar-refractivity contribution in [2.75, 3.05) is 106 Å². The van der Waals surface area contributed by atoms with Crippen LogP contribution in [0.5, 0.6) is 5.75 Å². The van der Waals surface area contributed by atoms with Gasteiger partial charge in [0.15, 0.2) is 11.4 Å². The smallest absolute Gasteiger partial charge is 0.322 e. The van der Waals surface area contributed by atoms with Gasteiger partial charge in [0.2, 0.25) is 0 Å². The van der Waals surface area contributed by atoms with Gasteiger partial charge in [-0.15, -0.1) is 0 Å². The molecule has 4 bridgehead atoms. The predicted molar refractivity (Wildman–Crippen MR) is 292 cm³/mol. The van der Waals surface area contributed by atoms with Gasteiger partial charge in [-0.3, -0.25) is 24.2 Å². The van der Waals surface area contributed by atoms with Crippen LogP contribution in [-0.2, 0) is 50.6 Å². The summed E-state index contributed by atoms with van der Waals surface area (Å²) in [7, 11) is 6.66. The Morgan fingerprint density at radius 1 is 0.857 bits per heavy atom. The first-order valence-electron chi connectivity index (χ1n) is 28.9. The first-order valence-corrected chi connectivity index (χ1v) is 28.9. The van der Waals surface area contributed by atoms with Gasteiger partial charge in [0, 0.05) is 104 Å². The summed E-state index contributed by atoms with van der Waals surface area (Å²) in [6.45, 7) is 9.70. The molecule has 5 unspecified atom stereocenters.